The highest BCUT2D eigenvalue weighted by molar-refractivity contribution is 7.92. The predicted octanol–water partition coefficient (Wildman–Crippen LogP) is 4.97. The van der Waals surface area contributed by atoms with Crippen LogP contribution in [0, 0.1) is 12.7 Å². The van der Waals surface area contributed by atoms with Crippen molar-refractivity contribution in [3.8, 4) is 0 Å². The molecule has 0 unspecified atom stereocenters. The Balaban J connectivity index is 1.65. The Morgan fingerprint density at radius 3 is 2.70 bits per heavy atom. The van der Waals surface area contributed by atoms with Crippen molar-refractivity contribution in [2.24, 2.45) is 0 Å². The molecule has 1 N–H and O–H groups in total. The van der Waals surface area contributed by atoms with Gasteiger partial charge in [0, 0.05) is 17.0 Å². The van der Waals surface area contributed by atoms with Gasteiger partial charge in [-0.1, -0.05) is 24.3 Å². The molecule has 0 aliphatic carbocycles. The van der Waals surface area contributed by atoms with E-state index >= 15 is 0 Å². The molecule has 1 fully saturated rings. The van der Waals surface area contributed by atoms with E-state index in [9.17, 15) is 17.6 Å². The van der Waals surface area contributed by atoms with Gasteiger partial charge in [0.25, 0.3) is 15.9 Å². The van der Waals surface area contributed by atoms with E-state index in [2.05, 4.69) is 4.72 Å². The summed E-state index contributed by atoms with van der Waals surface area (Å²) in [6.45, 7) is 2.41. The van der Waals surface area contributed by atoms with Crippen molar-refractivity contribution in [3.05, 3.63) is 81.8 Å². The number of likely N-dealkylation sites (tertiary alicyclic amines) is 1. The van der Waals surface area contributed by atoms with E-state index in [0.717, 1.165) is 17.7 Å². The molecule has 0 saturated carbocycles. The summed E-state index contributed by atoms with van der Waals surface area (Å²) in [5.41, 5.74) is 0.903. The number of sulfonamides is 1. The zero-order chi connectivity index (χ0) is 21.3. The average molecular weight is 445 g/mol. The molecule has 1 saturated heterocycles. The van der Waals surface area contributed by atoms with E-state index in [1.807, 2.05) is 22.4 Å². The van der Waals surface area contributed by atoms with Gasteiger partial charge in [0.05, 0.1) is 16.6 Å². The number of rotatable bonds is 5. The van der Waals surface area contributed by atoms with Crippen LogP contribution in [0.3, 0.4) is 0 Å². The number of aryl methyl sites for hydroxylation is 1. The van der Waals surface area contributed by atoms with E-state index < -0.39 is 15.8 Å². The Morgan fingerprint density at radius 2 is 1.97 bits per heavy atom. The van der Waals surface area contributed by atoms with Crippen LogP contribution in [0.15, 0.2) is 64.9 Å². The van der Waals surface area contributed by atoms with Gasteiger partial charge in [-0.3, -0.25) is 9.52 Å². The monoisotopic (exact) mass is 444 g/mol. The molecule has 156 valence electrons. The first-order chi connectivity index (χ1) is 14.4. The van der Waals surface area contributed by atoms with Crippen molar-refractivity contribution in [3.63, 3.8) is 0 Å². The summed E-state index contributed by atoms with van der Waals surface area (Å²) >= 11 is 1.62. The minimum Gasteiger partial charge on any atom is -0.331 e. The maximum absolute atomic E-state index is 13.9. The molecule has 1 aliphatic rings. The molecule has 4 rings (SSSR count). The van der Waals surface area contributed by atoms with Crippen molar-refractivity contribution >= 4 is 33.0 Å². The molecule has 0 radical (unpaired) electrons. The van der Waals surface area contributed by atoms with E-state index in [1.165, 1.54) is 30.3 Å². The van der Waals surface area contributed by atoms with Gasteiger partial charge in [-0.25, -0.2) is 12.8 Å². The van der Waals surface area contributed by atoms with Gasteiger partial charge >= 0.3 is 0 Å². The fourth-order valence-electron chi connectivity index (χ4n) is 3.69. The van der Waals surface area contributed by atoms with Gasteiger partial charge in [-0.2, -0.15) is 0 Å². The van der Waals surface area contributed by atoms with Crippen LogP contribution in [0.4, 0.5) is 10.1 Å². The van der Waals surface area contributed by atoms with Gasteiger partial charge < -0.3 is 4.90 Å². The zero-order valence-corrected chi connectivity index (χ0v) is 18.0. The molecule has 5 nitrogen and oxygen atoms in total. The number of halogens is 1. The summed E-state index contributed by atoms with van der Waals surface area (Å²) in [7, 11) is -4.05. The number of anilines is 1. The van der Waals surface area contributed by atoms with Gasteiger partial charge in [-0.05, 0) is 61.0 Å². The van der Waals surface area contributed by atoms with E-state index in [1.54, 1.807) is 30.4 Å². The van der Waals surface area contributed by atoms with E-state index in [4.69, 9.17) is 0 Å². The van der Waals surface area contributed by atoms with Crippen molar-refractivity contribution in [2.45, 2.75) is 30.7 Å². The third-order valence-corrected chi connectivity index (χ3v) is 7.59. The number of benzene rings is 2. The summed E-state index contributed by atoms with van der Waals surface area (Å²) in [6, 6.07) is 14.0. The highest BCUT2D eigenvalue weighted by Gasteiger charge is 2.32. The molecule has 2 aromatic carbocycles. The Labute approximate surface area is 179 Å². The number of para-hydroxylation sites is 1. The van der Waals surface area contributed by atoms with Crippen LogP contribution >= 0.6 is 11.3 Å². The minimum atomic E-state index is -4.05. The van der Waals surface area contributed by atoms with Gasteiger partial charge in [0.15, 0.2) is 0 Å². The van der Waals surface area contributed by atoms with Crippen LogP contribution in [0.2, 0.25) is 0 Å². The lowest BCUT2D eigenvalue weighted by Gasteiger charge is -2.25. The lowest BCUT2D eigenvalue weighted by molar-refractivity contribution is 0.0737. The number of hydrogen-bond donors (Lipinski definition) is 1. The normalized spacial score (nSPS) is 16.6. The molecule has 0 bridgehead atoms. The fourth-order valence-corrected chi connectivity index (χ4v) is 5.65. The summed E-state index contributed by atoms with van der Waals surface area (Å²) in [6.07, 6.45) is 1.79. The molecule has 1 amide bonds. The van der Waals surface area contributed by atoms with Crippen LogP contribution in [0.1, 0.15) is 39.7 Å². The Hall–Kier alpha value is -2.71. The molecular weight excluding hydrogens is 423 g/mol. The molecule has 30 heavy (non-hydrogen) atoms. The molecular formula is C22H21FN2O3S2. The largest absolute Gasteiger partial charge is 0.331 e. The van der Waals surface area contributed by atoms with Crippen molar-refractivity contribution in [2.75, 3.05) is 11.3 Å². The van der Waals surface area contributed by atoms with Crippen molar-refractivity contribution in [1.29, 1.82) is 0 Å². The summed E-state index contributed by atoms with van der Waals surface area (Å²) in [5.74, 6) is -0.855. The molecule has 3 aromatic rings. The molecule has 2 heterocycles. The average Bonchev–Trinajstić information content (AvgIpc) is 3.41. The Morgan fingerprint density at radius 1 is 1.17 bits per heavy atom. The van der Waals surface area contributed by atoms with Crippen LogP contribution in [-0.2, 0) is 10.0 Å². The summed E-state index contributed by atoms with van der Waals surface area (Å²) in [5, 5.41) is 1.99. The summed E-state index contributed by atoms with van der Waals surface area (Å²) in [4.78, 5) is 16.2. The number of carbonyl (C=O) groups is 1. The van der Waals surface area contributed by atoms with Crippen LogP contribution in [-0.4, -0.2) is 25.8 Å². The second kappa shape index (κ2) is 8.20. The Bertz CT molecular complexity index is 1180. The number of nitrogens with one attached hydrogen (secondary N) is 1. The Kier molecular flexibility index (Phi) is 5.62. The topological polar surface area (TPSA) is 66.5 Å². The second-order valence-electron chi connectivity index (χ2n) is 7.23. The lowest BCUT2D eigenvalue weighted by Crippen LogP contribution is -2.31. The van der Waals surface area contributed by atoms with Crippen LogP contribution in [0.5, 0.6) is 0 Å². The third kappa shape index (κ3) is 3.97. The molecule has 0 spiro atoms. The number of nitrogens with zero attached hydrogens (tertiary/aromatic N) is 1. The van der Waals surface area contributed by atoms with E-state index in [0.29, 0.717) is 17.7 Å². The maximum atomic E-state index is 13.9. The van der Waals surface area contributed by atoms with Crippen molar-refractivity contribution in [1.82, 2.24) is 4.90 Å². The second-order valence-corrected chi connectivity index (χ2v) is 9.90. The maximum Gasteiger partial charge on any atom is 0.262 e. The molecule has 1 aliphatic heterocycles. The first-order valence-corrected chi connectivity index (χ1v) is 12.0. The predicted molar refractivity (Wildman–Crippen MR) is 116 cm³/mol. The first kappa shape index (κ1) is 20.6. The third-order valence-electron chi connectivity index (χ3n) is 5.25. The standard InChI is InChI=1S/C22H21FN2O3S2/c1-15-10-11-16(30(27,28)24-19-7-3-2-6-18(19)23)14-17(15)22(26)25-12-4-8-20(25)21-9-5-13-29-21/h2-3,5-7,9-11,13-14,20,24H,4,8,12H2,1H3/t20-/m0/s1. The summed E-state index contributed by atoms with van der Waals surface area (Å²) < 4.78 is 41.8. The smallest absolute Gasteiger partial charge is 0.262 e. The zero-order valence-electron chi connectivity index (χ0n) is 16.3. The van der Waals surface area contributed by atoms with Crippen molar-refractivity contribution < 1.29 is 17.6 Å². The van der Waals surface area contributed by atoms with Crippen LogP contribution < -0.4 is 4.72 Å². The highest BCUT2D eigenvalue weighted by Crippen LogP contribution is 2.36. The van der Waals surface area contributed by atoms with E-state index in [-0.39, 0.29) is 22.5 Å². The lowest BCUT2D eigenvalue weighted by atomic mass is 10.1. The fraction of sp³-hybridized carbons (Fsp3) is 0.227. The van der Waals surface area contributed by atoms with Gasteiger partial charge in [0.1, 0.15) is 5.82 Å². The number of carbonyl (C=O) groups excluding carboxylic acids is 1. The van der Waals surface area contributed by atoms with Gasteiger partial charge in [-0.15, -0.1) is 11.3 Å². The number of amides is 1. The SMILES string of the molecule is Cc1ccc(S(=O)(=O)Nc2ccccc2F)cc1C(=O)N1CCC[C@H]1c1cccs1. The van der Waals surface area contributed by atoms with Crippen LogP contribution in [0.25, 0.3) is 0 Å². The van der Waals surface area contributed by atoms with Gasteiger partial charge in [0.2, 0.25) is 0 Å². The highest BCUT2D eigenvalue weighted by atomic mass is 32.2. The quantitative estimate of drug-likeness (QED) is 0.604. The molecule has 1 atom stereocenters. The number of thiophene rings is 1. The molecule has 8 heteroatoms. The first-order valence-electron chi connectivity index (χ1n) is 9.59. The molecule has 1 aromatic heterocycles. The minimum absolute atomic E-state index is 0.00806. The number of hydrogen-bond acceptors (Lipinski definition) is 4.